The highest BCUT2D eigenvalue weighted by Gasteiger charge is 2.17. The van der Waals surface area contributed by atoms with E-state index in [4.69, 9.17) is 16.3 Å². The van der Waals surface area contributed by atoms with Crippen LogP contribution in [0.5, 0.6) is 0 Å². The number of ether oxygens (including phenoxy) is 1. The Hall–Kier alpha value is -1.62. The Morgan fingerprint density at radius 1 is 1.38 bits per heavy atom. The first-order valence-electron chi connectivity index (χ1n) is 8.42. The average molecular weight is 346 g/mol. The van der Waals surface area contributed by atoms with Crippen LogP contribution in [0.15, 0.2) is 42.6 Å². The number of halogens is 1. The van der Waals surface area contributed by atoms with Gasteiger partial charge in [0.05, 0.1) is 12.7 Å². The molecule has 2 aromatic rings. The molecule has 0 radical (unpaired) electrons. The van der Waals surface area contributed by atoms with Gasteiger partial charge in [0.15, 0.2) is 0 Å². The molecule has 1 aliphatic heterocycles. The highest BCUT2D eigenvalue weighted by Crippen LogP contribution is 2.19. The Morgan fingerprint density at radius 2 is 2.25 bits per heavy atom. The fourth-order valence-electron chi connectivity index (χ4n) is 2.90. The van der Waals surface area contributed by atoms with E-state index < -0.39 is 0 Å². The lowest BCUT2D eigenvalue weighted by Crippen LogP contribution is -2.41. The van der Waals surface area contributed by atoms with Gasteiger partial charge in [-0.15, -0.1) is 0 Å². The van der Waals surface area contributed by atoms with Crippen molar-refractivity contribution in [2.45, 2.75) is 32.5 Å². The molecule has 0 amide bonds. The molecular weight excluding hydrogens is 322 g/mol. The van der Waals surface area contributed by atoms with Crippen molar-refractivity contribution in [3.8, 4) is 0 Å². The van der Waals surface area contributed by atoms with Crippen LogP contribution in [0.2, 0.25) is 5.02 Å². The Morgan fingerprint density at radius 3 is 2.96 bits per heavy atom. The average Bonchev–Trinajstić information content (AvgIpc) is 2.60. The molecule has 1 N–H and O–H groups in total. The summed E-state index contributed by atoms with van der Waals surface area (Å²) in [6.45, 7) is 7.59. The van der Waals surface area contributed by atoms with Crippen molar-refractivity contribution in [2.24, 2.45) is 0 Å². The van der Waals surface area contributed by atoms with Crippen LogP contribution in [0, 0.1) is 0 Å². The maximum Gasteiger partial charge on any atom is 0.128 e. The van der Waals surface area contributed by atoms with Gasteiger partial charge in [0.1, 0.15) is 5.82 Å². The Bertz CT molecular complexity index is 662. The van der Waals surface area contributed by atoms with Crippen LogP contribution in [0.25, 0.3) is 0 Å². The van der Waals surface area contributed by atoms with Crippen molar-refractivity contribution < 1.29 is 4.74 Å². The van der Waals surface area contributed by atoms with Crippen molar-refractivity contribution in [3.63, 3.8) is 0 Å². The van der Waals surface area contributed by atoms with E-state index in [9.17, 15) is 0 Å². The van der Waals surface area contributed by atoms with E-state index in [0.717, 1.165) is 37.1 Å². The van der Waals surface area contributed by atoms with Crippen LogP contribution in [0.1, 0.15) is 31.0 Å². The zero-order chi connectivity index (χ0) is 16.9. The Labute approximate surface area is 148 Å². The maximum absolute atomic E-state index is 6.06. The monoisotopic (exact) mass is 345 g/mol. The number of nitrogens with one attached hydrogen (secondary N) is 1. The van der Waals surface area contributed by atoms with Crippen LogP contribution in [-0.4, -0.2) is 30.8 Å². The van der Waals surface area contributed by atoms with Gasteiger partial charge < -0.3 is 15.0 Å². The molecule has 0 spiro atoms. The van der Waals surface area contributed by atoms with Crippen LogP contribution in [0.3, 0.4) is 0 Å². The standard InChI is InChI=1S/C19H24ClN3O/c1-14-13-23(8-9-24-14)19-7-6-16(12-22-19)11-21-15(2)17-4-3-5-18(20)10-17/h3-7,10,12,14-15,21H,8-9,11,13H2,1-2H3/t14-,15+/m1/s1. The molecule has 0 bridgehead atoms. The van der Waals surface area contributed by atoms with E-state index in [1.54, 1.807) is 0 Å². The summed E-state index contributed by atoms with van der Waals surface area (Å²) in [6, 6.07) is 12.4. The van der Waals surface area contributed by atoms with E-state index in [0.29, 0.717) is 0 Å². The van der Waals surface area contributed by atoms with E-state index in [-0.39, 0.29) is 12.1 Å². The second-order valence-electron chi connectivity index (χ2n) is 6.31. The summed E-state index contributed by atoms with van der Waals surface area (Å²) in [7, 11) is 0. The second kappa shape index (κ2) is 7.97. The molecular formula is C19H24ClN3O. The normalized spacial score (nSPS) is 19.3. The quantitative estimate of drug-likeness (QED) is 0.894. The summed E-state index contributed by atoms with van der Waals surface area (Å²) < 4.78 is 5.58. The van der Waals surface area contributed by atoms with E-state index in [2.05, 4.69) is 47.2 Å². The lowest BCUT2D eigenvalue weighted by Gasteiger charge is -2.32. The number of morpholine rings is 1. The van der Waals surface area contributed by atoms with Gasteiger partial charge in [0, 0.05) is 36.9 Å². The second-order valence-corrected chi connectivity index (χ2v) is 6.75. The van der Waals surface area contributed by atoms with E-state index >= 15 is 0 Å². The van der Waals surface area contributed by atoms with Gasteiger partial charge in [-0.2, -0.15) is 0 Å². The Balaban J connectivity index is 1.56. The summed E-state index contributed by atoms with van der Waals surface area (Å²) in [5, 5.41) is 4.29. The van der Waals surface area contributed by atoms with Crippen LogP contribution >= 0.6 is 11.6 Å². The molecule has 1 fully saturated rings. The largest absolute Gasteiger partial charge is 0.375 e. The fraction of sp³-hybridized carbons (Fsp3) is 0.421. The van der Waals surface area contributed by atoms with Gasteiger partial charge in [-0.3, -0.25) is 0 Å². The first-order valence-corrected chi connectivity index (χ1v) is 8.80. The smallest absolute Gasteiger partial charge is 0.128 e. The molecule has 128 valence electrons. The predicted octanol–water partition coefficient (Wildman–Crippen LogP) is 3.81. The van der Waals surface area contributed by atoms with E-state index in [1.807, 2.05) is 24.4 Å². The van der Waals surface area contributed by atoms with Gasteiger partial charge in [-0.25, -0.2) is 4.98 Å². The molecule has 2 heterocycles. The van der Waals surface area contributed by atoms with Crippen molar-refractivity contribution in [1.82, 2.24) is 10.3 Å². The molecule has 1 aromatic heterocycles. The Kier molecular flexibility index (Phi) is 5.72. The van der Waals surface area contributed by atoms with Crippen LogP contribution in [0.4, 0.5) is 5.82 Å². The number of hydrogen-bond donors (Lipinski definition) is 1. The minimum absolute atomic E-state index is 0.239. The third kappa shape index (κ3) is 4.47. The zero-order valence-electron chi connectivity index (χ0n) is 14.2. The number of pyridine rings is 1. The van der Waals surface area contributed by atoms with Crippen LogP contribution in [-0.2, 0) is 11.3 Å². The van der Waals surface area contributed by atoms with Crippen molar-refractivity contribution in [2.75, 3.05) is 24.6 Å². The van der Waals surface area contributed by atoms with Gasteiger partial charge in [-0.1, -0.05) is 29.8 Å². The summed E-state index contributed by atoms with van der Waals surface area (Å²) in [5.41, 5.74) is 2.36. The number of anilines is 1. The predicted molar refractivity (Wildman–Crippen MR) is 98.6 cm³/mol. The first kappa shape index (κ1) is 17.2. The summed E-state index contributed by atoms with van der Waals surface area (Å²) in [4.78, 5) is 6.89. The molecule has 1 aliphatic rings. The molecule has 1 saturated heterocycles. The highest BCUT2D eigenvalue weighted by atomic mass is 35.5. The minimum atomic E-state index is 0.239. The minimum Gasteiger partial charge on any atom is -0.375 e. The number of hydrogen-bond acceptors (Lipinski definition) is 4. The molecule has 0 saturated carbocycles. The van der Waals surface area contributed by atoms with Gasteiger partial charge >= 0.3 is 0 Å². The lowest BCUT2D eigenvalue weighted by atomic mass is 10.1. The molecule has 4 nitrogen and oxygen atoms in total. The molecule has 0 aliphatic carbocycles. The molecule has 24 heavy (non-hydrogen) atoms. The first-order chi connectivity index (χ1) is 11.6. The van der Waals surface area contributed by atoms with Crippen molar-refractivity contribution in [1.29, 1.82) is 0 Å². The SMILES string of the molecule is C[C@@H]1CN(c2ccc(CN[C@@H](C)c3cccc(Cl)c3)cn2)CCO1. The lowest BCUT2D eigenvalue weighted by molar-refractivity contribution is 0.0529. The molecule has 5 heteroatoms. The third-order valence-corrected chi connectivity index (χ3v) is 4.57. The van der Waals surface area contributed by atoms with Gasteiger partial charge in [0.25, 0.3) is 0 Å². The fourth-order valence-corrected chi connectivity index (χ4v) is 3.10. The van der Waals surface area contributed by atoms with E-state index in [1.165, 1.54) is 11.1 Å². The number of nitrogens with zero attached hydrogens (tertiary/aromatic N) is 2. The summed E-state index contributed by atoms with van der Waals surface area (Å²) >= 11 is 6.06. The highest BCUT2D eigenvalue weighted by molar-refractivity contribution is 6.30. The van der Waals surface area contributed by atoms with Crippen LogP contribution < -0.4 is 10.2 Å². The zero-order valence-corrected chi connectivity index (χ0v) is 15.0. The molecule has 2 atom stereocenters. The number of aromatic nitrogens is 1. The molecule has 0 unspecified atom stereocenters. The van der Waals surface area contributed by atoms with Gasteiger partial charge in [-0.05, 0) is 43.2 Å². The summed E-state index contributed by atoms with van der Waals surface area (Å²) in [5.74, 6) is 1.02. The number of benzene rings is 1. The number of rotatable bonds is 5. The van der Waals surface area contributed by atoms with Crippen molar-refractivity contribution >= 4 is 17.4 Å². The van der Waals surface area contributed by atoms with Crippen molar-refractivity contribution in [3.05, 3.63) is 58.7 Å². The topological polar surface area (TPSA) is 37.4 Å². The molecule has 3 rings (SSSR count). The maximum atomic E-state index is 6.06. The summed E-state index contributed by atoms with van der Waals surface area (Å²) in [6.07, 6.45) is 2.22. The molecule has 1 aromatic carbocycles. The third-order valence-electron chi connectivity index (χ3n) is 4.34. The van der Waals surface area contributed by atoms with Gasteiger partial charge in [0.2, 0.25) is 0 Å².